The fourth-order valence-corrected chi connectivity index (χ4v) is 1.74. The smallest absolute Gasteiger partial charge is 0.127 e. The molecular weight excluding hydrogens is 142 g/mol. The van der Waals surface area contributed by atoms with Gasteiger partial charge in [-0.15, -0.1) is 0 Å². The van der Waals surface area contributed by atoms with Crippen LogP contribution in [0, 0.1) is 11.8 Å². The molecule has 0 aliphatic carbocycles. The maximum atomic E-state index is 5.57. The fraction of sp³-hybridized carbons (Fsp3) is 0.875. The summed E-state index contributed by atoms with van der Waals surface area (Å²) in [5, 5.41) is 3.92. The second kappa shape index (κ2) is 2.48. The predicted molar refractivity (Wildman–Crippen MR) is 41.5 cm³/mol. The Morgan fingerprint density at radius 1 is 1.55 bits per heavy atom. The summed E-state index contributed by atoms with van der Waals surface area (Å²) in [7, 11) is 0. The number of ether oxygens (including phenoxy) is 1. The molecule has 2 aliphatic rings. The topological polar surface area (TPSA) is 30.8 Å². The zero-order chi connectivity index (χ0) is 7.84. The lowest BCUT2D eigenvalue weighted by atomic mass is 9.93. The van der Waals surface area contributed by atoms with Crippen LogP contribution in [0.5, 0.6) is 0 Å². The van der Waals surface area contributed by atoms with Gasteiger partial charge in [0.25, 0.3) is 0 Å². The third-order valence-electron chi connectivity index (χ3n) is 2.34. The van der Waals surface area contributed by atoms with Crippen LogP contribution in [0.3, 0.4) is 0 Å². The highest BCUT2D eigenvalue weighted by Crippen LogP contribution is 2.28. The molecule has 1 fully saturated rings. The molecule has 0 saturated carbocycles. The molecule has 0 N–H and O–H groups in total. The highest BCUT2D eigenvalue weighted by atomic mass is 16.6. The van der Waals surface area contributed by atoms with Crippen molar-refractivity contribution in [2.24, 2.45) is 17.0 Å². The van der Waals surface area contributed by atoms with Crippen molar-refractivity contribution in [3.8, 4) is 0 Å². The van der Waals surface area contributed by atoms with Gasteiger partial charge in [-0.1, -0.05) is 19.0 Å². The van der Waals surface area contributed by atoms with Gasteiger partial charge >= 0.3 is 0 Å². The first-order valence-electron chi connectivity index (χ1n) is 4.09. The minimum absolute atomic E-state index is 0.330. The van der Waals surface area contributed by atoms with Crippen LogP contribution >= 0.6 is 0 Å². The first kappa shape index (κ1) is 7.10. The summed E-state index contributed by atoms with van der Waals surface area (Å²) >= 11 is 0. The molecule has 0 unspecified atom stereocenters. The highest BCUT2D eigenvalue weighted by molar-refractivity contribution is 5.90. The Morgan fingerprint density at radius 3 is 3.09 bits per heavy atom. The van der Waals surface area contributed by atoms with Crippen LogP contribution in [0.1, 0.15) is 13.8 Å². The standard InChI is InChI=1S/C8H13NO2/c1-5(2)8-6-3-11-9-7(6)4-10-8/h5-6,8H,3-4H2,1-2H3/t6-,8+/m0/s1. The van der Waals surface area contributed by atoms with E-state index in [-0.39, 0.29) is 0 Å². The number of oxime groups is 1. The maximum absolute atomic E-state index is 5.57. The van der Waals surface area contributed by atoms with Gasteiger partial charge in [0, 0.05) is 0 Å². The van der Waals surface area contributed by atoms with Crippen LogP contribution in [0.2, 0.25) is 0 Å². The van der Waals surface area contributed by atoms with E-state index < -0.39 is 0 Å². The molecule has 3 heteroatoms. The first-order chi connectivity index (χ1) is 5.29. The van der Waals surface area contributed by atoms with Gasteiger partial charge in [-0.25, -0.2) is 0 Å². The summed E-state index contributed by atoms with van der Waals surface area (Å²) < 4.78 is 5.57. The van der Waals surface area contributed by atoms with Gasteiger partial charge in [0.2, 0.25) is 0 Å². The fourth-order valence-electron chi connectivity index (χ4n) is 1.74. The third kappa shape index (κ3) is 1.03. The number of hydrogen-bond donors (Lipinski definition) is 0. The van der Waals surface area contributed by atoms with E-state index in [2.05, 4.69) is 19.0 Å². The van der Waals surface area contributed by atoms with Crippen LogP contribution in [0.4, 0.5) is 0 Å². The van der Waals surface area contributed by atoms with Crippen molar-refractivity contribution in [2.45, 2.75) is 20.0 Å². The average molecular weight is 155 g/mol. The van der Waals surface area contributed by atoms with E-state index in [9.17, 15) is 0 Å². The number of hydrogen-bond acceptors (Lipinski definition) is 3. The van der Waals surface area contributed by atoms with E-state index in [4.69, 9.17) is 9.57 Å². The highest BCUT2D eigenvalue weighted by Gasteiger charge is 2.39. The lowest BCUT2D eigenvalue weighted by molar-refractivity contribution is 0.0244. The second-order valence-electron chi connectivity index (χ2n) is 3.50. The monoisotopic (exact) mass is 155 g/mol. The molecule has 1 saturated heterocycles. The van der Waals surface area contributed by atoms with Gasteiger partial charge < -0.3 is 9.57 Å². The SMILES string of the molecule is CC(C)[C@H]1OCC2=NOC[C@@H]21. The third-order valence-corrected chi connectivity index (χ3v) is 2.34. The first-order valence-corrected chi connectivity index (χ1v) is 4.09. The number of nitrogens with zero attached hydrogens (tertiary/aromatic N) is 1. The zero-order valence-electron chi connectivity index (χ0n) is 6.91. The quantitative estimate of drug-likeness (QED) is 0.566. The maximum Gasteiger partial charge on any atom is 0.127 e. The molecule has 0 aromatic rings. The Hall–Kier alpha value is -0.570. The van der Waals surface area contributed by atoms with Crippen LogP contribution in [-0.2, 0) is 9.57 Å². The molecule has 0 spiro atoms. The minimum atomic E-state index is 0.330. The Labute approximate surface area is 66.4 Å². The molecule has 2 aliphatic heterocycles. The van der Waals surface area contributed by atoms with Crippen molar-refractivity contribution in [3.05, 3.63) is 0 Å². The number of fused-ring (bicyclic) bond motifs is 1. The molecule has 0 aromatic heterocycles. The summed E-state index contributed by atoms with van der Waals surface area (Å²) in [6, 6.07) is 0. The van der Waals surface area contributed by atoms with Gasteiger partial charge in [-0.2, -0.15) is 0 Å². The van der Waals surface area contributed by atoms with Crippen molar-refractivity contribution in [2.75, 3.05) is 13.2 Å². The summed E-state index contributed by atoms with van der Waals surface area (Å²) in [4.78, 5) is 5.00. The van der Waals surface area contributed by atoms with Crippen LogP contribution in [0.15, 0.2) is 5.16 Å². The van der Waals surface area contributed by atoms with E-state index in [0.29, 0.717) is 24.5 Å². The zero-order valence-corrected chi connectivity index (χ0v) is 6.91. The normalized spacial score (nSPS) is 35.4. The van der Waals surface area contributed by atoms with Gasteiger partial charge in [-0.3, -0.25) is 0 Å². The van der Waals surface area contributed by atoms with Gasteiger partial charge in [0.1, 0.15) is 6.61 Å². The Balaban J connectivity index is 2.11. The van der Waals surface area contributed by atoms with Crippen molar-refractivity contribution < 1.29 is 9.57 Å². The Kier molecular flexibility index (Phi) is 1.60. The van der Waals surface area contributed by atoms with Crippen LogP contribution in [-0.4, -0.2) is 25.0 Å². The summed E-state index contributed by atoms with van der Waals surface area (Å²) in [5.41, 5.74) is 1.10. The van der Waals surface area contributed by atoms with E-state index in [0.717, 1.165) is 12.3 Å². The molecule has 2 rings (SSSR count). The molecule has 2 atom stereocenters. The van der Waals surface area contributed by atoms with Crippen LogP contribution in [0.25, 0.3) is 0 Å². The van der Waals surface area contributed by atoms with E-state index in [1.54, 1.807) is 0 Å². The largest absolute Gasteiger partial charge is 0.395 e. The van der Waals surface area contributed by atoms with Crippen LogP contribution < -0.4 is 0 Å². The molecule has 3 nitrogen and oxygen atoms in total. The Morgan fingerprint density at radius 2 is 2.36 bits per heavy atom. The van der Waals surface area contributed by atoms with Gasteiger partial charge in [0.15, 0.2) is 0 Å². The number of rotatable bonds is 1. The van der Waals surface area contributed by atoms with E-state index in [1.165, 1.54) is 0 Å². The van der Waals surface area contributed by atoms with Gasteiger partial charge in [-0.05, 0) is 5.92 Å². The van der Waals surface area contributed by atoms with Crippen molar-refractivity contribution in [1.82, 2.24) is 0 Å². The molecule has 11 heavy (non-hydrogen) atoms. The molecule has 2 heterocycles. The minimum Gasteiger partial charge on any atom is -0.395 e. The van der Waals surface area contributed by atoms with E-state index >= 15 is 0 Å². The van der Waals surface area contributed by atoms with E-state index in [1.807, 2.05) is 0 Å². The average Bonchev–Trinajstić information content (AvgIpc) is 2.41. The lowest BCUT2D eigenvalue weighted by Gasteiger charge is -2.17. The summed E-state index contributed by atoms with van der Waals surface area (Å²) in [6.07, 6.45) is 0.330. The molecule has 62 valence electrons. The summed E-state index contributed by atoms with van der Waals surface area (Å²) in [5.74, 6) is 1.00. The van der Waals surface area contributed by atoms with Crippen molar-refractivity contribution >= 4 is 5.71 Å². The van der Waals surface area contributed by atoms with Gasteiger partial charge in [0.05, 0.1) is 24.3 Å². The molecule has 0 aromatic carbocycles. The second-order valence-corrected chi connectivity index (χ2v) is 3.50. The predicted octanol–water partition coefficient (Wildman–Crippen LogP) is 1.04. The lowest BCUT2D eigenvalue weighted by Crippen LogP contribution is -2.26. The Bertz CT molecular complexity index is 189. The summed E-state index contributed by atoms with van der Waals surface area (Å²) in [6.45, 7) is 5.74. The molecular formula is C8H13NO2. The molecule has 0 bridgehead atoms. The molecule has 0 radical (unpaired) electrons. The van der Waals surface area contributed by atoms with Crippen molar-refractivity contribution in [1.29, 1.82) is 0 Å². The van der Waals surface area contributed by atoms with Crippen molar-refractivity contribution in [3.63, 3.8) is 0 Å². The molecule has 0 amide bonds.